The highest BCUT2D eigenvalue weighted by Crippen LogP contribution is 2.19. The first kappa shape index (κ1) is 22.9. The number of ether oxygens (including phenoxy) is 1. The molecule has 0 amide bonds. The van der Waals surface area contributed by atoms with Gasteiger partial charge >= 0.3 is 0 Å². The Morgan fingerprint density at radius 3 is 2.33 bits per heavy atom. The molecule has 1 aromatic rings. The van der Waals surface area contributed by atoms with Crippen LogP contribution in [0.25, 0.3) is 0 Å². The van der Waals surface area contributed by atoms with E-state index in [-0.39, 0.29) is 0 Å². The van der Waals surface area contributed by atoms with Gasteiger partial charge < -0.3 is 19.9 Å². The maximum Gasteiger partial charge on any atom is 0.193 e. The second-order valence-electron chi connectivity index (χ2n) is 8.96. The van der Waals surface area contributed by atoms with Crippen molar-refractivity contribution in [3.8, 4) is 5.75 Å². The first-order chi connectivity index (χ1) is 14.6. The van der Waals surface area contributed by atoms with Gasteiger partial charge in [0.15, 0.2) is 5.96 Å². The molecule has 2 heterocycles. The maximum absolute atomic E-state index is 6.16. The van der Waals surface area contributed by atoms with E-state index in [2.05, 4.69) is 47.8 Å². The lowest BCUT2D eigenvalue weighted by molar-refractivity contribution is 0.0921. The molecule has 0 radical (unpaired) electrons. The predicted molar refractivity (Wildman–Crippen MR) is 125 cm³/mol. The smallest absolute Gasteiger partial charge is 0.193 e. The van der Waals surface area contributed by atoms with Gasteiger partial charge in [-0.25, -0.2) is 0 Å². The van der Waals surface area contributed by atoms with Gasteiger partial charge in [0.05, 0.1) is 6.54 Å². The van der Waals surface area contributed by atoms with Crippen LogP contribution in [-0.4, -0.2) is 92.2 Å². The summed E-state index contributed by atoms with van der Waals surface area (Å²) in [4.78, 5) is 12.6. The zero-order chi connectivity index (χ0) is 21.3. The second kappa shape index (κ2) is 11.6. The van der Waals surface area contributed by atoms with Crippen molar-refractivity contribution in [3.63, 3.8) is 0 Å². The van der Waals surface area contributed by atoms with Gasteiger partial charge in [0, 0.05) is 64.7 Å². The quantitative estimate of drug-likeness (QED) is 0.548. The highest BCUT2D eigenvalue weighted by atomic mass is 16.5. The third kappa shape index (κ3) is 6.61. The molecule has 1 N–H and O–H groups in total. The molecule has 0 saturated carbocycles. The normalized spacial score (nSPS) is 21.1. The monoisotopic (exact) mass is 415 g/mol. The zero-order valence-corrected chi connectivity index (χ0v) is 19.4. The molecular formula is C24H41N5O. The average Bonchev–Trinajstić information content (AvgIpc) is 2.75. The highest BCUT2D eigenvalue weighted by Gasteiger charge is 2.26. The van der Waals surface area contributed by atoms with Gasteiger partial charge in [0.1, 0.15) is 11.9 Å². The first-order valence-corrected chi connectivity index (χ1v) is 11.7. The van der Waals surface area contributed by atoms with Crippen molar-refractivity contribution in [2.75, 3.05) is 59.4 Å². The lowest BCUT2D eigenvalue weighted by atomic mass is 10.0. The van der Waals surface area contributed by atoms with Gasteiger partial charge in [-0.2, -0.15) is 0 Å². The van der Waals surface area contributed by atoms with Crippen molar-refractivity contribution in [3.05, 3.63) is 30.3 Å². The van der Waals surface area contributed by atoms with Gasteiger partial charge in [-0.3, -0.25) is 9.89 Å². The zero-order valence-electron chi connectivity index (χ0n) is 19.4. The molecule has 6 heteroatoms. The number of guanidine groups is 1. The van der Waals surface area contributed by atoms with E-state index in [1.807, 2.05) is 30.3 Å². The van der Waals surface area contributed by atoms with Crippen molar-refractivity contribution in [1.82, 2.24) is 20.0 Å². The third-order valence-corrected chi connectivity index (χ3v) is 6.33. The van der Waals surface area contributed by atoms with Crippen LogP contribution in [-0.2, 0) is 0 Å². The number of aliphatic imine (C=N–C) groups is 1. The molecule has 3 rings (SSSR count). The van der Waals surface area contributed by atoms with Crippen LogP contribution in [0.5, 0.6) is 5.75 Å². The van der Waals surface area contributed by atoms with Crippen molar-refractivity contribution in [2.24, 2.45) is 10.9 Å². The molecule has 2 saturated heterocycles. The molecular weight excluding hydrogens is 374 g/mol. The fraction of sp³-hybridized carbons (Fsp3) is 0.708. The third-order valence-electron chi connectivity index (χ3n) is 6.33. The number of piperazine rings is 1. The number of likely N-dealkylation sites (tertiary alicyclic amines) is 1. The van der Waals surface area contributed by atoms with Crippen LogP contribution >= 0.6 is 0 Å². The molecule has 2 aliphatic rings. The summed E-state index contributed by atoms with van der Waals surface area (Å²) in [6.07, 6.45) is 2.36. The highest BCUT2D eigenvalue weighted by molar-refractivity contribution is 5.80. The predicted octanol–water partition coefficient (Wildman–Crippen LogP) is 2.77. The Labute approximate surface area is 183 Å². The first-order valence-electron chi connectivity index (χ1n) is 11.7. The Morgan fingerprint density at radius 2 is 1.73 bits per heavy atom. The standard InChI is InChI=1S/C24H41N5O/c1-5-25-24(26-19-23(20(2)3)28-17-15-27(4)16-18-28)29-13-11-22(12-14-29)30-21-9-7-6-8-10-21/h6-10,20,22-23H,5,11-19H2,1-4H3,(H,25,26). The number of hydrogen-bond acceptors (Lipinski definition) is 4. The summed E-state index contributed by atoms with van der Waals surface area (Å²) in [5, 5.41) is 3.53. The number of hydrogen-bond donors (Lipinski definition) is 1. The van der Waals surface area contributed by atoms with Crippen molar-refractivity contribution in [1.29, 1.82) is 0 Å². The molecule has 0 aromatic heterocycles. The van der Waals surface area contributed by atoms with Crippen molar-refractivity contribution < 1.29 is 4.74 Å². The summed E-state index contributed by atoms with van der Waals surface area (Å²) in [5.74, 6) is 2.64. The number of nitrogens with one attached hydrogen (secondary N) is 1. The summed E-state index contributed by atoms with van der Waals surface area (Å²) in [6, 6.07) is 10.7. The summed E-state index contributed by atoms with van der Waals surface area (Å²) < 4.78 is 6.16. The molecule has 0 bridgehead atoms. The van der Waals surface area contributed by atoms with E-state index in [0.29, 0.717) is 18.1 Å². The Morgan fingerprint density at radius 1 is 1.07 bits per heavy atom. The van der Waals surface area contributed by atoms with E-state index in [0.717, 1.165) is 76.9 Å². The van der Waals surface area contributed by atoms with Crippen molar-refractivity contribution >= 4 is 5.96 Å². The Kier molecular flexibility index (Phi) is 8.82. The number of likely N-dealkylation sites (N-methyl/N-ethyl adjacent to an activating group) is 1. The average molecular weight is 416 g/mol. The van der Waals surface area contributed by atoms with Crippen LogP contribution in [0.4, 0.5) is 0 Å². The van der Waals surface area contributed by atoms with Gasteiger partial charge in [0.2, 0.25) is 0 Å². The molecule has 30 heavy (non-hydrogen) atoms. The number of benzene rings is 1. The lowest BCUT2D eigenvalue weighted by Gasteiger charge is -2.39. The molecule has 0 spiro atoms. The SMILES string of the molecule is CCNC(=NCC(C(C)C)N1CCN(C)CC1)N1CCC(Oc2ccccc2)CC1. The number of para-hydroxylation sites is 1. The van der Waals surface area contributed by atoms with Crippen molar-refractivity contribution in [2.45, 2.75) is 45.8 Å². The van der Waals surface area contributed by atoms with Crippen LogP contribution in [0, 0.1) is 5.92 Å². The Balaban J connectivity index is 1.55. The fourth-order valence-corrected chi connectivity index (χ4v) is 4.38. The number of nitrogens with zero attached hydrogens (tertiary/aromatic N) is 4. The number of rotatable bonds is 7. The summed E-state index contributed by atoms with van der Waals surface area (Å²) >= 11 is 0. The Bertz CT molecular complexity index is 634. The fourth-order valence-electron chi connectivity index (χ4n) is 4.38. The van der Waals surface area contributed by atoms with Crippen LogP contribution in [0.15, 0.2) is 35.3 Å². The van der Waals surface area contributed by atoms with Gasteiger partial charge in [0.25, 0.3) is 0 Å². The van der Waals surface area contributed by atoms with Crippen LogP contribution < -0.4 is 10.1 Å². The second-order valence-corrected chi connectivity index (χ2v) is 8.96. The van der Waals surface area contributed by atoms with E-state index in [1.165, 1.54) is 0 Å². The lowest BCUT2D eigenvalue weighted by Crippen LogP contribution is -2.52. The maximum atomic E-state index is 6.16. The topological polar surface area (TPSA) is 43.3 Å². The summed E-state index contributed by atoms with van der Waals surface area (Å²) in [5.41, 5.74) is 0. The molecule has 168 valence electrons. The van der Waals surface area contributed by atoms with Crippen LogP contribution in [0.1, 0.15) is 33.6 Å². The summed E-state index contributed by atoms with van der Waals surface area (Å²) in [7, 11) is 2.22. The van der Waals surface area contributed by atoms with E-state index in [9.17, 15) is 0 Å². The molecule has 6 nitrogen and oxygen atoms in total. The van der Waals surface area contributed by atoms with Crippen LogP contribution in [0.3, 0.4) is 0 Å². The van der Waals surface area contributed by atoms with E-state index in [4.69, 9.17) is 9.73 Å². The van der Waals surface area contributed by atoms with E-state index >= 15 is 0 Å². The molecule has 1 aromatic carbocycles. The molecule has 0 aliphatic carbocycles. The molecule has 1 unspecified atom stereocenters. The van der Waals surface area contributed by atoms with Gasteiger partial charge in [-0.15, -0.1) is 0 Å². The minimum atomic E-state index is 0.292. The minimum Gasteiger partial charge on any atom is -0.490 e. The molecule has 1 atom stereocenters. The largest absolute Gasteiger partial charge is 0.490 e. The van der Waals surface area contributed by atoms with Gasteiger partial charge in [-0.05, 0) is 32.0 Å². The number of piperidine rings is 1. The van der Waals surface area contributed by atoms with E-state index < -0.39 is 0 Å². The molecule has 2 aliphatic heterocycles. The Hall–Kier alpha value is -1.79. The van der Waals surface area contributed by atoms with Crippen LogP contribution in [0.2, 0.25) is 0 Å². The van der Waals surface area contributed by atoms with E-state index in [1.54, 1.807) is 0 Å². The summed E-state index contributed by atoms with van der Waals surface area (Å²) in [6.45, 7) is 15.2. The van der Waals surface area contributed by atoms with Gasteiger partial charge in [-0.1, -0.05) is 32.0 Å². The molecule has 2 fully saturated rings. The minimum absolute atomic E-state index is 0.292.